The number of para-hydroxylation sites is 1. The predicted molar refractivity (Wildman–Crippen MR) is 123 cm³/mol. The lowest BCUT2D eigenvalue weighted by molar-refractivity contribution is 0.0744. The smallest absolute Gasteiger partial charge is 0.289 e. The van der Waals surface area contributed by atoms with Gasteiger partial charge < -0.3 is 19.5 Å². The average molecular weight is 467 g/mol. The molecular formula is C25H26FN3O5. The van der Waals surface area contributed by atoms with Gasteiger partial charge in [0.05, 0.1) is 14.2 Å². The summed E-state index contributed by atoms with van der Waals surface area (Å²) in [7, 11) is 2.95. The van der Waals surface area contributed by atoms with Gasteiger partial charge in [0.25, 0.3) is 11.5 Å². The molecule has 3 aromatic rings. The van der Waals surface area contributed by atoms with Crippen molar-refractivity contribution in [2.45, 2.75) is 39.3 Å². The van der Waals surface area contributed by atoms with Crippen LogP contribution in [0.1, 0.15) is 47.1 Å². The Balaban J connectivity index is 1.87. The van der Waals surface area contributed by atoms with E-state index in [0.717, 1.165) is 12.0 Å². The number of aromatic hydroxyl groups is 1. The zero-order valence-corrected chi connectivity index (χ0v) is 19.3. The molecule has 0 fully saturated rings. The molecule has 0 aliphatic carbocycles. The Bertz CT molecular complexity index is 1280. The van der Waals surface area contributed by atoms with Crippen molar-refractivity contribution in [3.63, 3.8) is 0 Å². The van der Waals surface area contributed by atoms with Gasteiger partial charge >= 0.3 is 0 Å². The van der Waals surface area contributed by atoms with Crippen LogP contribution in [0, 0.1) is 5.82 Å². The van der Waals surface area contributed by atoms with E-state index in [0.29, 0.717) is 35.6 Å². The molecule has 1 aliphatic rings. The van der Waals surface area contributed by atoms with E-state index >= 15 is 0 Å². The van der Waals surface area contributed by atoms with E-state index in [1.807, 2.05) is 6.92 Å². The molecule has 1 aliphatic heterocycles. The van der Waals surface area contributed by atoms with Crippen LogP contribution in [0.4, 0.5) is 4.39 Å². The average Bonchev–Trinajstić information content (AvgIpc) is 3.25. The molecule has 9 heteroatoms. The lowest BCUT2D eigenvalue weighted by Gasteiger charge is -2.22. The maximum Gasteiger partial charge on any atom is 0.289 e. The van der Waals surface area contributed by atoms with Crippen LogP contribution in [0.5, 0.6) is 17.4 Å². The quantitative estimate of drug-likeness (QED) is 0.571. The van der Waals surface area contributed by atoms with Crippen LogP contribution in [0.3, 0.4) is 0 Å². The molecule has 2 aromatic carbocycles. The Hall–Kier alpha value is -3.88. The highest BCUT2D eigenvalue weighted by molar-refractivity contribution is 5.96. The van der Waals surface area contributed by atoms with E-state index in [4.69, 9.17) is 9.47 Å². The summed E-state index contributed by atoms with van der Waals surface area (Å²) in [6.45, 7) is 2.32. The third kappa shape index (κ3) is 4.09. The van der Waals surface area contributed by atoms with Crippen LogP contribution in [-0.2, 0) is 19.5 Å². The number of fused-ring (bicyclic) bond motifs is 1. The Morgan fingerprint density at radius 1 is 1.12 bits per heavy atom. The number of ether oxygens (including phenoxy) is 2. The van der Waals surface area contributed by atoms with Crippen LogP contribution in [0.25, 0.3) is 5.69 Å². The van der Waals surface area contributed by atoms with E-state index in [-0.39, 0.29) is 18.9 Å². The zero-order chi connectivity index (χ0) is 24.4. The molecule has 0 unspecified atom stereocenters. The van der Waals surface area contributed by atoms with Gasteiger partial charge in [-0.2, -0.15) is 4.98 Å². The van der Waals surface area contributed by atoms with Crippen molar-refractivity contribution in [3.05, 3.63) is 75.1 Å². The van der Waals surface area contributed by atoms with Gasteiger partial charge in [-0.05, 0) is 41.8 Å². The molecule has 0 radical (unpaired) electrons. The summed E-state index contributed by atoms with van der Waals surface area (Å²) in [6, 6.07) is 9.41. The summed E-state index contributed by atoms with van der Waals surface area (Å²) >= 11 is 0. The van der Waals surface area contributed by atoms with Gasteiger partial charge in [0.2, 0.25) is 5.88 Å². The topological polar surface area (TPSA) is 93.9 Å². The van der Waals surface area contributed by atoms with E-state index < -0.39 is 28.7 Å². The number of hydrogen-bond acceptors (Lipinski definition) is 6. The zero-order valence-electron chi connectivity index (χ0n) is 19.3. The van der Waals surface area contributed by atoms with Crippen molar-refractivity contribution in [2.75, 3.05) is 14.2 Å². The highest BCUT2D eigenvalue weighted by atomic mass is 19.1. The van der Waals surface area contributed by atoms with Gasteiger partial charge in [-0.1, -0.05) is 25.5 Å². The van der Waals surface area contributed by atoms with E-state index in [2.05, 4.69) is 4.98 Å². The van der Waals surface area contributed by atoms with Crippen LogP contribution >= 0.6 is 0 Å². The number of aryl methyl sites for hydroxylation is 1. The van der Waals surface area contributed by atoms with Crippen LogP contribution in [0.15, 0.2) is 41.2 Å². The fraction of sp³-hybridized carbons (Fsp3) is 0.320. The highest BCUT2D eigenvalue weighted by Gasteiger charge is 2.32. The molecule has 34 heavy (non-hydrogen) atoms. The Labute approximate surface area is 196 Å². The number of carbonyl (C=O) groups is 1. The highest BCUT2D eigenvalue weighted by Crippen LogP contribution is 2.37. The molecule has 4 rings (SSSR count). The van der Waals surface area contributed by atoms with Crippen molar-refractivity contribution in [3.8, 4) is 23.1 Å². The molecule has 0 saturated carbocycles. The Kier molecular flexibility index (Phi) is 6.54. The SMILES string of the molecule is CCCCc1nc(=O)c(C(=O)N2Cc3ccc(F)cc3C2)c(O)n1-c1c(OC)cccc1OC. The fourth-order valence-corrected chi connectivity index (χ4v) is 4.19. The Morgan fingerprint density at radius 3 is 2.44 bits per heavy atom. The van der Waals surface area contributed by atoms with Gasteiger partial charge in [-0.15, -0.1) is 0 Å². The summed E-state index contributed by atoms with van der Waals surface area (Å²) in [6.07, 6.45) is 1.94. The first-order chi connectivity index (χ1) is 16.4. The van der Waals surface area contributed by atoms with E-state index in [9.17, 15) is 19.1 Å². The molecular weight excluding hydrogens is 441 g/mol. The molecule has 0 spiro atoms. The lowest BCUT2D eigenvalue weighted by Crippen LogP contribution is -2.33. The van der Waals surface area contributed by atoms with Gasteiger partial charge in [0.1, 0.15) is 28.8 Å². The third-order valence-electron chi connectivity index (χ3n) is 5.91. The number of nitrogens with zero attached hydrogens (tertiary/aromatic N) is 3. The number of methoxy groups -OCH3 is 2. The molecule has 1 aromatic heterocycles. The normalized spacial score (nSPS) is 12.5. The molecule has 178 valence electrons. The summed E-state index contributed by atoms with van der Waals surface area (Å²) in [5.74, 6) is -0.586. The number of halogens is 1. The third-order valence-corrected chi connectivity index (χ3v) is 5.91. The van der Waals surface area contributed by atoms with Gasteiger partial charge in [-0.3, -0.25) is 14.2 Å². The molecule has 1 amide bonds. The second-order valence-corrected chi connectivity index (χ2v) is 8.06. The van der Waals surface area contributed by atoms with Crippen LogP contribution < -0.4 is 15.0 Å². The number of aromatic nitrogens is 2. The maximum atomic E-state index is 13.6. The first-order valence-corrected chi connectivity index (χ1v) is 11.0. The lowest BCUT2D eigenvalue weighted by atomic mass is 10.1. The Morgan fingerprint density at radius 2 is 1.79 bits per heavy atom. The van der Waals surface area contributed by atoms with E-state index in [1.165, 1.54) is 35.8 Å². The van der Waals surface area contributed by atoms with Crippen molar-refractivity contribution in [1.82, 2.24) is 14.5 Å². The molecule has 2 heterocycles. The number of carbonyl (C=O) groups excluding carboxylic acids is 1. The van der Waals surface area contributed by atoms with Crippen LogP contribution in [0.2, 0.25) is 0 Å². The first-order valence-electron chi connectivity index (χ1n) is 11.0. The standard InChI is InChI=1S/C25H26FN3O5/c1-4-5-9-20-27-23(30)21(24(31)28-13-15-10-11-17(26)12-16(15)14-28)25(32)29(20)22-18(33-2)7-6-8-19(22)34-3/h6-8,10-12,32H,4-5,9,13-14H2,1-3H3. The number of hydrogen-bond donors (Lipinski definition) is 1. The number of rotatable bonds is 7. The molecule has 8 nitrogen and oxygen atoms in total. The summed E-state index contributed by atoms with van der Waals surface area (Å²) in [5.41, 5.74) is 0.507. The van der Waals surface area contributed by atoms with Crippen molar-refractivity contribution < 1.29 is 23.8 Å². The summed E-state index contributed by atoms with van der Waals surface area (Å²) < 4.78 is 26.0. The minimum atomic E-state index is -0.819. The number of benzene rings is 2. The van der Waals surface area contributed by atoms with E-state index in [1.54, 1.807) is 24.3 Å². The van der Waals surface area contributed by atoms with Crippen molar-refractivity contribution in [1.29, 1.82) is 0 Å². The largest absolute Gasteiger partial charge is 0.494 e. The van der Waals surface area contributed by atoms with Crippen molar-refractivity contribution >= 4 is 5.91 Å². The van der Waals surface area contributed by atoms with Gasteiger partial charge in [0, 0.05) is 19.5 Å². The summed E-state index contributed by atoms with van der Waals surface area (Å²) in [4.78, 5) is 32.0. The number of unbranched alkanes of at least 4 members (excludes halogenated alkanes) is 1. The summed E-state index contributed by atoms with van der Waals surface area (Å²) in [5, 5.41) is 11.3. The van der Waals surface area contributed by atoms with Crippen LogP contribution in [-0.4, -0.2) is 39.7 Å². The number of amides is 1. The monoisotopic (exact) mass is 467 g/mol. The minimum absolute atomic E-state index is 0.125. The van der Waals surface area contributed by atoms with Gasteiger partial charge in [0.15, 0.2) is 5.56 Å². The molecule has 0 bridgehead atoms. The second-order valence-electron chi connectivity index (χ2n) is 8.06. The predicted octanol–water partition coefficient (Wildman–Crippen LogP) is 3.59. The fourth-order valence-electron chi connectivity index (χ4n) is 4.19. The second kappa shape index (κ2) is 9.54. The van der Waals surface area contributed by atoms with Gasteiger partial charge in [-0.25, -0.2) is 4.39 Å². The minimum Gasteiger partial charge on any atom is -0.494 e. The molecule has 0 saturated heterocycles. The maximum absolute atomic E-state index is 13.6. The molecule has 0 atom stereocenters. The molecule has 1 N–H and O–H groups in total. The first kappa shape index (κ1) is 23.3. The van der Waals surface area contributed by atoms with Crippen molar-refractivity contribution in [2.24, 2.45) is 0 Å².